The van der Waals surface area contributed by atoms with Gasteiger partial charge in [-0.15, -0.1) is 11.8 Å². The Labute approximate surface area is 62.1 Å². The largest absolute Gasteiger partial charge is 0.119 e. The van der Waals surface area contributed by atoms with Gasteiger partial charge in [-0.05, 0) is 19.1 Å². The molecule has 0 aliphatic heterocycles. The summed E-state index contributed by atoms with van der Waals surface area (Å²) in [5.41, 5.74) is 0. The van der Waals surface area contributed by atoms with Gasteiger partial charge in [-0.25, -0.2) is 0 Å². The first-order valence-electron chi connectivity index (χ1n) is 2.40. The number of hydrogen-bond donors (Lipinski definition) is 0. The van der Waals surface area contributed by atoms with Crippen molar-refractivity contribution in [2.75, 3.05) is 5.75 Å². The fourth-order valence-corrected chi connectivity index (χ4v) is 0.987. The SMILES string of the molecule is C.CCCSC(C)=S. The smallest absolute Gasteiger partial charge is 0.0447 e. The molecule has 0 saturated carbocycles. The van der Waals surface area contributed by atoms with E-state index in [0.29, 0.717) is 0 Å². The Kier molecular flexibility index (Phi) is 10.5. The molecular formula is C6H14S2. The van der Waals surface area contributed by atoms with Crippen molar-refractivity contribution < 1.29 is 0 Å². The summed E-state index contributed by atoms with van der Waals surface area (Å²) in [6.45, 7) is 4.13. The average Bonchev–Trinajstić information content (AvgIpc) is 1.61. The monoisotopic (exact) mass is 150 g/mol. The summed E-state index contributed by atoms with van der Waals surface area (Å²) in [4.78, 5) is 0. The van der Waals surface area contributed by atoms with E-state index in [-0.39, 0.29) is 7.43 Å². The van der Waals surface area contributed by atoms with E-state index in [4.69, 9.17) is 12.2 Å². The highest BCUT2D eigenvalue weighted by Gasteiger charge is 1.83. The van der Waals surface area contributed by atoms with E-state index >= 15 is 0 Å². The molecule has 0 aromatic heterocycles. The van der Waals surface area contributed by atoms with E-state index in [1.54, 1.807) is 11.8 Å². The van der Waals surface area contributed by atoms with Crippen LogP contribution in [0.25, 0.3) is 0 Å². The number of hydrogen-bond acceptors (Lipinski definition) is 2. The van der Waals surface area contributed by atoms with Crippen LogP contribution in [0.1, 0.15) is 27.7 Å². The van der Waals surface area contributed by atoms with Crippen LogP contribution >= 0.6 is 24.0 Å². The van der Waals surface area contributed by atoms with Crippen molar-refractivity contribution in [1.29, 1.82) is 0 Å². The molecule has 0 heterocycles. The van der Waals surface area contributed by atoms with Gasteiger partial charge in [0.05, 0.1) is 0 Å². The first-order chi connectivity index (χ1) is 3.27. The lowest BCUT2D eigenvalue weighted by atomic mass is 10.6. The van der Waals surface area contributed by atoms with E-state index in [9.17, 15) is 0 Å². The first-order valence-corrected chi connectivity index (χ1v) is 3.80. The summed E-state index contributed by atoms with van der Waals surface area (Å²) in [5, 5.41) is 0. The van der Waals surface area contributed by atoms with Gasteiger partial charge in [0.15, 0.2) is 0 Å². The number of thiocarbonyl (C=S) groups is 1. The normalized spacial score (nSPS) is 7.75. The molecule has 0 aliphatic rings. The topological polar surface area (TPSA) is 0 Å². The first kappa shape index (κ1) is 11.3. The minimum atomic E-state index is 0. The van der Waals surface area contributed by atoms with Gasteiger partial charge in [0, 0.05) is 4.20 Å². The highest BCUT2D eigenvalue weighted by molar-refractivity contribution is 8.23. The van der Waals surface area contributed by atoms with Crippen molar-refractivity contribution in [2.45, 2.75) is 27.7 Å². The standard InChI is InChI=1S/C5H10S2.CH4/c1-3-4-7-5(2)6;/h3-4H2,1-2H3;1H4. The van der Waals surface area contributed by atoms with Gasteiger partial charge in [0.1, 0.15) is 0 Å². The van der Waals surface area contributed by atoms with E-state index in [1.807, 2.05) is 6.92 Å². The highest BCUT2D eigenvalue weighted by Crippen LogP contribution is 2.03. The second kappa shape index (κ2) is 7.44. The van der Waals surface area contributed by atoms with Crippen LogP contribution in [0.2, 0.25) is 0 Å². The highest BCUT2D eigenvalue weighted by atomic mass is 32.2. The van der Waals surface area contributed by atoms with Crippen LogP contribution in [0.5, 0.6) is 0 Å². The van der Waals surface area contributed by atoms with E-state index < -0.39 is 0 Å². The fraction of sp³-hybridized carbons (Fsp3) is 0.833. The Bertz CT molecular complexity index is 59.5. The van der Waals surface area contributed by atoms with Crippen LogP contribution in [-0.2, 0) is 0 Å². The number of thioether (sulfide) groups is 1. The summed E-state index contributed by atoms with van der Waals surface area (Å²) < 4.78 is 1.06. The Morgan fingerprint density at radius 2 is 2.12 bits per heavy atom. The van der Waals surface area contributed by atoms with Crippen LogP contribution in [0.15, 0.2) is 0 Å². The van der Waals surface area contributed by atoms with E-state index in [2.05, 4.69) is 6.92 Å². The van der Waals surface area contributed by atoms with Crippen LogP contribution < -0.4 is 0 Å². The molecule has 0 spiro atoms. The minimum Gasteiger partial charge on any atom is -0.119 e. The third-order valence-electron chi connectivity index (χ3n) is 0.509. The zero-order chi connectivity index (χ0) is 5.70. The van der Waals surface area contributed by atoms with Crippen molar-refractivity contribution >= 4 is 28.2 Å². The Morgan fingerprint density at radius 3 is 2.25 bits per heavy atom. The molecule has 0 aromatic carbocycles. The van der Waals surface area contributed by atoms with Crippen molar-refractivity contribution in [1.82, 2.24) is 0 Å². The molecule has 50 valence electrons. The van der Waals surface area contributed by atoms with Crippen LogP contribution in [-0.4, -0.2) is 9.95 Å². The molecule has 0 aromatic rings. The van der Waals surface area contributed by atoms with Crippen molar-refractivity contribution in [2.24, 2.45) is 0 Å². The molecule has 0 rings (SSSR count). The van der Waals surface area contributed by atoms with Gasteiger partial charge in [-0.2, -0.15) is 0 Å². The van der Waals surface area contributed by atoms with Gasteiger partial charge >= 0.3 is 0 Å². The Hall–Kier alpha value is 0.440. The fourth-order valence-electron chi connectivity index (χ4n) is 0.246. The van der Waals surface area contributed by atoms with Crippen molar-refractivity contribution in [3.63, 3.8) is 0 Å². The van der Waals surface area contributed by atoms with E-state index in [0.717, 1.165) is 4.20 Å². The van der Waals surface area contributed by atoms with Crippen LogP contribution in [0.4, 0.5) is 0 Å². The maximum atomic E-state index is 4.82. The lowest BCUT2D eigenvalue weighted by molar-refractivity contribution is 1.11. The second-order valence-electron chi connectivity index (χ2n) is 1.34. The summed E-state index contributed by atoms with van der Waals surface area (Å²) >= 11 is 6.59. The predicted octanol–water partition coefficient (Wildman–Crippen LogP) is 3.11. The quantitative estimate of drug-likeness (QED) is 0.555. The number of rotatable bonds is 2. The third-order valence-corrected chi connectivity index (χ3v) is 1.88. The molecule has 2 heteroatoms. The third kappa shape index (κ3) is 9.67. The second-order valence-corrected chi connectivity index (χ2v) is 3.52. The molecule has 0 bridgehead atoms. The summed E-state index contributed by atoms with van der Waals surface area (Å²) in [7, 11) is 0. The molecular weight excluding hydrogens is 136 g/mol. The van der Waals surface area contributed by atoms with Crippen molar-refractivity contribution in [3.05, 3.63) is 0 Å². The average molecular weight is 150 g/mol. The molecule has 0 amide bonds. The van der Waals surface area contributed by atoms with Crippen molar-refractivity contribution in [3.8, 4) is 0 Å². The molecule has 0 fully saturated rings. The molecule has 0 saturated heterocycles. The summed E-state index contributed by atoms with van der Waals surface area (Å²) in [5.74, 6) is 1.18. The molecule has 0 unspecified atom stereocenters. The van der Waals surface area contributed by atoms with Gasteiger partial charge in [-0.3, -0.25) is 0 Å². The Balaban J connectivity index is 0. The molecule has 0 nitrogen and oxygen atoms in total. The Morgan fingerprint density at radius 1 is 1.62 bits per heavy atom. The lowest BCUT2D eigenvalue weighted by Crippen LogP contribution is -1.78. The van der Waals surface area contributed by atoms with Gasteiger partial charge in [0.25, 0.3) is 0 Å². The van der Waals surface area contributed by atoms with Gasteiger partial charge in [-0.1, -0.05) is 26.6 Å². The van der Waals surface area contributed by atoms with E-state index in [1.165, 1.54) is 12.2 Å². The molecule has 8 heavy (non-hydrogen) atoms. The zero-order valence-corrected chi connectivity index (χ0v) is 6.36. The van der Waals surface area contributed by atoms with Crippen LogP contribution in [0.3, 0.4) is 0 Å². The maximum absolute atomic E-state index is 4.82. The van der Waals surface area contributed by atoms with Gasteiger partial charge in [0.2, 0.25) is 0 Å². The predicted molar refractivity (Wildman–Crippen MR) is 47.8 cm³/mol. The summed E-state index contributed by atoms with van der Waals surface area (Å²) in [6, 6.07) is 0. The molecule has 0 N–H and O–H groups in total. The van der Waals surface area contributed by atoms with Gasteiger partial charge < -0.3 is 0 Å². The lowest BCUT2D eigenvalue weighted by Gasteiger charge is -1.89. The van der Waals surface area contributed by atoms with Crippen LogP contribution in [0, 0.1) is 0 Å². The molecule has 0 atom stereocenters. The maximum Gasteiger partial charge on any atom is 0.0447 e. The molecule has 0 aliphatic carbocycles. The molecule has 0 radical (unpaired) electrons. The summed E-state index contributed by atoms with van der Waals surface area (Å²) in [6.07, 6.45) is 1.22. The minimum absolute atomic E-state index is 0. The zero-order valence-electron chi connectivity index (χ0n) is 4.73.